The number of anilines is 1. The van der Waals surface area contributed by atoms with Crippen molar-refractivity contribution >= 4 is 17.3 Å². The van der Waals surface area contributed by atoms with Gasteiger partial charge in [0.05, 0.1) is 17.4 Å². The maximum atomic E-state index is 8.57. The van der Waals surface area contributed by atoms with E-state index in [-0.39, 0.29) is 11.6 Å². The van der Waals surface area contributed by atoms with Gasteiger partial charge in [0.15, 0.2) is 5.69 Å². The van der Waals surface area contributed by atoms with Crippen LogP contribution in [-0.4, -0.2) is 9.97 Å². The van der Waals surface area contributed by atoms with Crippen LogP contribution in [0.25, 0.3) is 0 Å². The first-order valence-electron chi connectivity index (χ1n) is 4.64. The van der Waals surface area contributed by atoms with E-state index < -0.39 is 0 Å². The Hall–Kier alpha value is -2.32. The number of nitrogens with two attached hydrogens (primary N) is 1. The molecule has 0 aliphatic carbocycles. The molecule has 0 saturated heterocycles. The zero-order valence-electron chi connectivity index (χ0n) is 8.59. The molecule has 1 heterocycles. The van der Waals surface area contributed by atoms with Crippen molar-refractivity contribution in [3.05, 3.63) is 41.3 Å². The van der Waals surface area contributed by atoms with Gasteiger partial charge in [-0.25, -0.2) is 9.97 Å². The van der Waals surface area contributed by atoms with Gasteiger partial charge in [-0.1, -0.05) is 11.6 Å². The predicted octanol–water partition coefficient (Wildman–Crippen LogP) is 2.38. The predicted molar refractivity (Wildman–Crippen MR) is 62.7 cm³/mol. The summed E-state index contributed by atoms with van der Waals surface area (Å²) in [6, 6.07) is 6.74. The number of nitrogens with zero attached hydrogens (tertiary/aromatic N) is 3. The molecule has 0 spiro atoms. The van der Waals surface area contributed by atoms with Crippen LogP contribution in [0.4, 0.5) is 5.69 Å². The molecule has 5 nitrogen and oxygen atoms in total. The quantitative estimate of drug-likeness (QED) is 0.823. The number of hydrogen-bond donors (Lipinski definition) is 1. The summed E-state index contributed by atoms with van der Waals surface area (Å²) in [7, 11) is 0. The van der Waals surface area contributed by atoms with E-state index in [0.29, 0.717) is 16.5 Å². The fourth-order valence-electron chi connectivity index (χ4n) is 1.14. The molecule has 0 aliphatic rings. The van der Waals surface area contributed by atoms with Gasteiger partial charge in [-0.3, -0.25) is 0 Å². The Morgan fingerprint density at radius 1 is 1.29 bits per heavy atom. The summed E-state index contributed by atoms with van der Waals surface area (Å²) < 4.78 is 5.39. The summed E-state index contributed by atoms with van der Waals surface area (Å²) in [5.41, 5.74) is 6.36. The molecule has 0 bridgehead atoms. The Bertz CT molecular complexity index is 577. The zero-order chi connectivity index (χ0) is 12.3. The molecule has 2 aromatic rings. The van der Waals surface area contributed by atoms with Crippen molar-refractivity contribution in [2.24, 2.45) is 0 Å². The molecule has 0 atom stereocenters. The summed E-state index contributed by atoms with van der Waals surface area (Å²) in [6.07, 6.45) is 2.66. The molecule has 0 amide bonds. The highest BCUT2D eigenvalue weighted by Crippen LogP contribution is 2.29. The lowest BCUT2D eigenvalue weighted by atomic mass is 10.3. The minimum atomic E-state index is 0.219. The lowest BCUT2D eigenvalue weighted by molar-refractivity contribution is 0.460. The second kappa shape index (κ2) is 4.68. The van der Waals surface area contributed by atoms with Gasteiger partial charge in [0.2, 0.25) is 5.88 Å². The molecule has 6 heteroatoms. The Labute approximate surface area is 102 Å². The third kappa shape index (κ3) is 2.62. The number of hydrogen-bond acceptors (Lipinski definition) is 5. The molecular weight excluding hydrogens is 240 g/mol. The molecular formula is C11H7ClN4O. The highest BCUT2D eigenvalue weighted by molar-refractivity contribution is 6.32. The van der Waals surface area contributed by atoms with E-state index in [2.05, 4.69) is 9.97 Å². The van der Waals surface area contributed by atoms with E-state index in [0.717, 1.165) is 0 Å². The highest BCUT2D eigenvalue weighted by atomic mass is 35.5. The first kappa shape index (κ1) is 11.2. The normalized spacial score (nSPS) is 9.65. The van der Waals surface area contributed by atoms with Crippen LogP contribution in [0.5, 0.6) is 11.6 Å². The van der Waals surface area contributed by atoms with Gasteiger partial charge < -0.3 is 10.5 Å². The van der Waals surface area contributed by atoms with Gasteiger partial charge >= 0.3 is 0 Å². The average Bonchev–Trinajstić information content (AvgIpc) is 2.35. The zero-order valence-corrected chi connectivity index (χ0v) is 9.35. The molecule has 17 heavy (non-hydrogen) atoms. The standard InChI is InChI=1S/C11H7ClN4O/c12-9-2-1-7(14)3-10(9)17-11-6-15-8(4-13)5-16-11/h1-3,5-6H,14H2. The van der Waals surface area contributed by atoms with Crippen LogP contribution < -0.4 is 10.5 Å². The first-order valence-corrected chi connectivity index (χ1v) is 5.02. The largest absolute Gasteiger partial charge is 0.436 e. The van der Waals surface area contributed by atoms with Crippen LogP contribution >= 0.6 is 11.6 Å². The number of aromatic nitrogens is 2. The first-order chi connectivity index (χ1) is 8.19. The summed E-state index contributed by atoms with van der Waals surface area (Å²) in [5, 5.41) is 8.99. The van der Waals surface area contributed by atoms with Crippen molar-refractivity contribution in [3.8, 4) is 17.7 Å². The van der Waals surface area contributed by atoms with Crippen molar-refractivity contribution in [1.29, 1.82) is 5.26 Å². The van der Waals surface area contributed by atoms with Gasteiger partial charge in [-0.15, -0.1) is 0 Å². The summed E-state index contributed by atoms with van der Waals surface area (Å²) in [5.74, 6) is 0.641. The van der Waals surface area contributed by atoms with E-state index >= 15 is 0 Å². The second-order valence-electron chi connectivity index (χ2n) is 3.14. The summed E-state index contributed by atoms with van der Waals surface area (Å²) in [6.45, 7) is 0. The number of nitrogen functional groups attached to an aromatic ring is 1. The molecule has 84 valence electrons. The Balaban J connectivity index is 2.25. The monoisotopic (exact) mass is 246 g/mol. The number of benzene rings is 1. The summed E-state index contributed by atoms with van der Waals surface area (Å²) in [4.78, 5) is 7.73. The molecule has 0 radical (unpaired) electrons. The third-order valence-corrected chi connectivity index (χ3v) is 2.22. The molecule has 2 N–H and O–H groups in total. The fraction of sp³-hybridized carbons (Fsp3) is 0. The second-order valence-corrected chi connectivity index (χ2v) is 3.55. The lowest BCUT2D eigenvalue weighted by Crippen LogP contribution is -1.93. The molecule has 0 aliphatic heterocycles. The van der Waals surface area contributed by atoms with E-state index in [1.807, 2.05) is 6.07 Å². The van der Waals surface area contributed by atoms with Gasteiger partial charge in [-0.2, -0.15) is 5.26 Å². The van der Waals surface area contributed by atoms with E-state index in [9.17, 15) is 0 Å². The number of ether oxygens (including phenoxy) is 1. The van der Waals surface area contributed by atoms with Crippen LogP contribution in [-0.2, 0) is 0 Å². The van der Waals surface area contributed by atoms with Crippen LogP contribution in [0.3, 0.4) is 0 Å². The molecule has 0 unspecified atom stereocenters. The smallest absolute Gasteiger partial charge is 0.237 e. The maximum absolute atomic E-state index is 8.57. The van der Waals surface area contributed by atoms with Crippen molar-refractivity contribution in [2.45, 2.75) is 0 Å². The van der Waals surface area contributed by atoms with Crippen LogP contribution in [0.1, 0.15) is 5.69 Å². The van der Waals surface area contributed by atoms with Gasteiger partial charge in [0, 0.05) is 11.8 Å². The average molecular weight is 247 g/mol. The lowest BCUT2D eigenvalue weighted by Gasteiger charge is -2.06. The van der Waals surface area contributed by atoms with E-state index in [1.54, 1.807) is 18.2 Å². The van der Waals surface area contributed by atoms with Crippen LogP contribution in [0.2, 0.25) is 5.02 Å². The SMILES string of the molecule is N#Cc1cnc(Oc2cc(N)ccc2Cl)cn1. The van der Waals surface area contributed by atoms with E-state index in [1.165, 1.54) is 12.4 Å². The van der Waals surface area contributed by atoms with Crippen molar-refractivity contribution in [3.63, 3.8) is 0 Å². The van der Waals surface area contributed by atoms with Crippen molar-refractivity contribution in [2.75, 3.05) is 5.73 Å². The van der Waals surface area contributed by atoms with Crippen molar-refractivity contribution in [1.82, 2.24) is 9.97 Å². The van der Waals surface area contributed by atoms with Gasteiger partial charge in [-0.05, 0) is 12.1 Å². The Kier molecular flexibility index (Phi) is 3.08. The van der Waals surface area contributed by atoms with E-state index in [4.69, 9.17) is 27.3 Å². The Morgan fingerprint density at radius 3 is 2.76 bits per heavy atom. The summed E-state index contributed by atoms with van der Waals surface area (Å²) >= 11 is 5.92. The van der Waals surface area contributed by atoms with Gasteiger partial charge in [0.25, 0.3) is 0 Å². The number of halogens is 1. The Morgan fingerprint density at radius 2 is 2.12 bits per heavy atom. The fourth-order valence-corrected chi connectivity index (χ4v) is 1.29. The molecule has 0 saturated carbocycles. The molecule has 1 aromatic heterocycles. The number of nitriles is 1. The van der Waals surface area contributed by atoms with Crippen LogP contribution in [0, 0.1) is 11.3 Å². The molecule has 0 fully saturated rings. The van der Waals surface area contributed by atoms with Gasteiger partial charge in [0.1, 0.15) is 11.8 Å². The molecule has 1 aromatic carbocycles. The number of rotatable bonds is 2. The molecule has 2 rings (SSSR count). The maximum Gasteiger partial charge on any atom is 0.237 e. The topological polar surface area (TPSA) is 84.8 Å². The van der Waals surface area contributed by atoms with Crippen LogP contribution in [0.15, 0.2) is 30.6 Å². The minimum absolute atomic E-state index is 0.219. The highest BCUT2D eigenvalue weighted by Gasteiger charge is 2.05. The third-order valence-electron chi connectivity index (χ3n) is 1.91. The van der Waals surface area contributed by atoms with Crippen molar-refractivity contribution < 1.29 is 4.74 Å². The minimum Gasteiger partial charge on any atom is -0.436 e.